The van der Waals surface area contributed by atoms with E-state index in [1.807, 2.05) is 0 Å². The smallest absolute Gasteiger partial charge is 0.359 e. The first-order valence-electron chi connectivity index (χ1n) is 6.69. The number of fused-ring (bicyclic) bond motifs is 1. The molecule has 0 amide bonds. The van der Waals surface area contributed by atoms with E-state index < -0.39 is 0 Å². The van der Waals surface area contributed by atoms with Gasteiger partial charge < -0.3 is 9.47 Å². The van der Waals surface area contributed by atoms with Gasteiger partial charge in [-0.2, -0.15) is 5.10 Å². The fourth-order valence-corrected chi connectivity index (χ4v) is 2.67. The van der Waals surface area contributed by atoms with Gasteiger partial charge in [0.25, 0.3) is 0 Å². The maximum atomic E-state index is 12.1. The van der Waals surface area contributed by atoms with Gasteiger partial charge in [-0.3, -0.25) is 5.10 Å². The van der Waals surface area contributed by atoms with Crippen LogP contribution in [0.1, 0.15) is 53.8 Å². The van der Waals surface area contributed by atoms with Crippen molar-refractivity contribution in [3.8, 4) is 0 Å². The summed E-state index contributed by atoms with van der Waals surface area (Å²) in [6.45, 7) is 1.15. The monoisotopic (exact) mass is 250 g/mol. The van der Waals surface area contributed by atoms with E-state index in [4.69, 9.17) is 9.47 Å². The molecule has 0 spiro atoms. The topological polar surface area (TPSA) is 64.2 Å². The van der Waals surface area contributed by atoms with Crippen molar-refractivity contribution in [1.29, 1.82) is 0 Å². The lowest BCUT2D eigenvalue weighted by Crippen LogP contribution is -2.22. The Kier molecular flexibility index (Phi) is 3.32. The molecule has 1 fully saturated rings. The molecule has 1 saturated carbocycles. The number of rotatable bonds is 2. The quantitative estimate of drug-likeness (QED) is 0.815. The van der Waals surface area contributed by atoms with Gasteiger partial charge in [0.2, 0.25) is 0 Å². The van der Waals surface area contributed by atoms with E-state index in [2.05, 4.69) is 10.2 Å². The highest BCUT2D eigenvalue weighted by Gasteiger charge is 2.26. The third kappa shape index (κ3) is 2.27. The number of carbonyl (C=O) groups is 1. The molecule has 0 aromatic carbocycles. The standard InChI is InChI=1S/C13H18N2O3/c16-13(18-9-4-2-1-3-5-9)12-10-8-17-7-6-11(10)14-15-12/h9H,1-8H2,(H,14,15). The van der Waals surface area contributed by atoms with Crippen LogP contribution < -0.4 is 0 Å². The molecule has 0 bridgehead atoms. The average Bonchev–Trinajstić information content (AvgIpc) is 2.84. The van der Waals surface area contributed by atoms with E-state index in [1.165, 1.54) is 6.42 Å². The first kappa shape index (κ1) is 11.7. The van der Waals surface area contributed by atoms with Gasteiger partial charge in [0.05, 0.1) is 13.2 Å². The van der Waals surface area contributed by atoms with Crippen molar-refractivity contribution in [1.82, 2.24) is 10.2 Å². The number of hydrogen-bond donors (Lipinski definition) is 1. The van der Waals surface area contributed by atoms with E-state index in [1.54, 1.807) is 0 Å². The Morgan fingerprint density at radius 2 is 2.17 bits per heavy atom. The number of ether oxygens (including phenoxy) is 2. The molecule has 0 radical (unpaired) electrons. The lowest BCUT2D eigenvalue weighted by molar-refractivity contribution is 0.0198. The van der Waals surface area contributed by atoms with Crippen LogP contribution in [0.15, 0.2) is 0 Å². The van der Waals surface area contributed by atoms with Crippen LogP contribution in [0, 0.1) is 0 Å². The largest absolute Gasteiger partial charge is 0.458 e. The molecule has 2 aliphatic rings. The summed E-state index contributed by atoms with van der Waals surface area (Å²) in [6.07, 6.45) is 6.38. The fraction of sp³-hybridized carbons (Fsp3) is 0.692. The van der Waals surface area contributed by atoms with Crippen molar-refractivity contribution in [3.05, 3.63) is 17.0 Å². The van der Waals surface area contributed by atoms with Gasteiger partial charge in [0, 0.05) is 17.7 Å². The summed E-state index contributed by atoms with van der Waals surface area (Å²) in [7, 11) is 0. The molecule has 1 N–H and O–H groups in total. The fourth-order valence-electron chi connectivity index (χ4n) is 2.67. The lowest BCUT2D eigenvalue weighted by Gasteiger charge is -2.21. The third-order valence-electron chi connectivity index (χ3n) is 3.71. The van der Waals surface area contributed by atoms with Crippen molar-refractivity contribution >= 4 is 5.97 Å². The number of esters is 1. The molecular weight excluding hydrogens is 232 g/mol. The van der Waals surface area contributed by atoms with Gasteiger partial charge >= 0.3 is 5.97 Å². The molecule has 1 aliphatic carbocycles. The van der Waals surface area contributed by atoms with Crippen LogP contribution in [0.5, 0.6) is 0 Å². The second-order valence-corrected chi connectivity index (χ2v) is 5.00. The predicted molar refractivity (Wildman–Crippen MR) is 64.2 cm³/mol. The van der Waals surface area contributed by atoms with Crippen molar-refractivity contribution in [2.45, 2.75) is 51.2 Å². The number of aromatic amines is 1. The number of nitrogens with zero attached hydrogens (tertiary/aromatic N) is 1. The molecule has 0 atom stereocenters. The van der Waals surface area contributed by atoms with Crippen LogP contribution in [-0.2, 0) is 22.5 Å². The van der Waals surface area contributed by atoms with Crippen LogP contribution in [0.3, 0.4) is 0 Å². The summed E-state index contributed by atoms with van der Waals surface area (Å²) in [4.78, 5) is 12.1. The maximum Gasteiger partial charge on any atom is 0.359 e. The molecule has 98 valence electrons. The normalized spacial score (nSPS) is 20.4. The summed E-state index contributed by atoms with van der Waals surface area (Å²) in [5.41, 5.74) is 2.30. The Hall–Kier alpha value is -1.36. The molecule has 5 nitrogen and oxygen atoms in total. The molecule has 1 aliphatic heterocycles. The van der Waals surface area contributed by atoms with E-state index in [9.17, 15) is 4.79 Å². The lowest BCUT2D eigenvalue weighted by atomic mass is 9.98. The zero-order valence-electron chi connectivity index (χ0n) is 10.4. The summed E-state index contributed by atoms with van der Waals surface area (Å²) in [6, 6.07) is 0. The first-order valence-corrected chi connectivity index (χ1v) is 6.69. The van der Waals surface area contributed by atoms with E-state index in [0.29, 0.717) is 18.9 Å². The van der Waals surface area contributed by atoms with Gasteiger partial charge in [0.1, 0.15) is 6.10 Å². The summed E-state index contributed by atoms with van der Waals surface area (Å²) < 4.78 is 10.9. The highest BCUT2D eigenvalue weighted by molar-refractivity contribution is 5.89. The molecule has 0 unspecified atom stereocenters. The Morgan fingerprint density at radius 1 is 1.33 bits per heavy atom. The molecule has 18 heavy (non-hydrogen) atoms. The minimum absolute atomic E-state index is 0.0723. The SMILES string of the molecule is O=C(OC1CCCCC1)c1n[nH]c2c1COCC2. The third-order valence-corrected chi connectivity index (χ3v) is 3.71. The van der Waals surface area contributed by atoms with Gasteiger partial charge in [-0.05, 0) is 25.7 Å². The highest BCUT2D eigenvalue weighted by Crippen LogP contribution is 2.23. The second kappa shape index (κ2) is 5.10. The number of hydrogen-bond acceptors (Lipinski definition) is 4. The number of H-pyrrole nitrogens is 1. The van der Waals surface area contributed by atoms with Gasteiger partial charge in [0.15, 0.2) is 5.69 Å². The van der Waals surface area contributed by atoms with Crippen molar-refractivity contribution in [3.63, 3.8) is 0 Å². The van der Waals surface area contributed by atoms with Crippen LogP contribution in [0.25, 0.3) is 0 Å². The van der Waals surface area contributed by atoms with Crippen molar-refractivity contribution in [2.24, 2.45) is 0 Å². The van der Waals surface area contributed by atoms with E-state index in [0.717, 1.165) is 43.4 Å². The number of nitrogens with one attached hydrogen (secondary N) is 1. The summed E-state index contributed by atoms with van der Waals surface area (Å²) in [5.74, 6) is -0.301. The van der Waals surface area contributed by atoms with Crippen LogP contribution >= 0.6 is 0 Å². The van der Waals surface area contributed by atoms with Crippen LogP contribution in [0.4, 0.5) is 0 Å². The molecule has 3 rings (SSSR count). The van der Waals surface area contributed by atoms with Gasteiger partial charge in [-0.15, -0.1) is 0 Å². The molecule has 1 aromatic rings. The molecule has 2 heterocycles. The first-order chi connectivity index (χ1) is 8.84. The number of aromatic nitrogens is 2. The molecular formula is C13H18N2O3. The van der Waals surface area contributed by atoms with Crippen molar-refractivity contribution < 1.29 is 14.3 Å². The number of carbonyl (C=O) groups excluding carboxylic acids is 1. The Labute approximate surface area is 106 Å². The minimum atomic E-state index is -0.301. The Balaban J connectivity index is 1.70. The van der Waals surface area contributed by atoms with Crippen LogP contribution in [-0.4, -0.2) is 28.9 Å². The van der Waals surface area contributed by atoms with E-state index in [-0.39, 0.29) is 12.1 Å². The van der Waals surface area contributed by atoms with Gasteiger partial charge in [-0.1, -0.05) is 6.42 Å². The van der Waals surface area contributed by atoms with Crippen LogP contribution in [0.2, 0.25) is 0 Å². The zero-order valence-corrected chi connectivity index (χ0v) is 10.4. The molecule has 1 aromatic heterocycles. The minimum Gasteiger partial charge on any atom is -0.458 e. The van der Waals surface area contributed by atoms with Gasteiger partial charge in [-0.25, -0.2) is 4.79 Å². The Bertz CT molecular complexity index is 435. The Morgan fingerprint density at radius 3 is 3.00 bits per heavy atom. The average molecular weight is 250 g/mol. The van der Waals surface area contributed by atoms with E-state index >= 15 is 0 Å². The summed E-state index contributed by atoms with van der Waals surface area (Å²) in [5, 5.41) is 7.00. The van der Waals surface area contributed by atoms with Crippen molar-refractivity contribution in [2.75, 3.05) is 6.61 Å². The maximum absolute atomic E-state index is 12.1. The second-order valence-electron chi connectivity index (χ2n) is 5.00. The highest BCUT2D eigenvalue weighted by atomic mass is 16.5. The molecule has 5 heteroatoms. The zero-order chi connectivity index (χ0) is 12.4. The predicted octanol–water partition coefficient (Wildman–Crippen LogP) is 1.97. The summed E-state index contributed by atoms with van der Waals surface area (Å²) >= 11 is 0. The molecule has 0 saturated heterocycles.